The van der Waals surface area contributed by atoms with Gasteiger partial charge in [0.1, 0.15) is 6.61 Å². The lowest BCUT2D eigenvalue weighted by Gasteiger charge is -2.27. The van der Waals surface area contributed by atoms with Crippen LogP contribution >= 0.6 is 0 Å². The van der Waals surface area contributed by atoms with E-state index in [4.69, 9.17) is 9.47 Å². The van der Waals surface area contributed by atoms with Crippen LogP contribution in [0.25, 0.3) is 5.57 Å². The Balaban J connectivity index is 2.68. The molecule has 5 heteroatoms. The van der Waals surface area contributed by atoms with E-state index in [9.17, 15) is 9.59 Å². The van der Waals surface area contributed by atoms with Crippen molar-refractivity contribution in [3.8, 4) is 0 Å². The van der Waals surface area contributed by atoms with Crippen LogP contribution in [0, 0.1) is 0 Å². The second-order valence-electron chi connectivity index (χ2n) is 6.01. The molecule has 1 N–H and O–H groups in total. The summed E-state index contributed by atoms with van der Waals surface area (Å²) in [5.41, 5.74) is 2.32. The van der Waals surface area contributed by atoms with Gasteiger partial charge in [0.2, 0.25) is 0 Å². The first-order valence-electron chi connectivity index (χ1n) is 7.73. The van der Waals surface area contributed by atoms with E-state index in [-0.39, 0.29) is 18.8 Å². The van der Waals surface area contributed by atoms with Crippen molar-refractivity contribution in [1.82, 2.24) is 5.32 Å². The lowest BCUT2D eigenvalue weighted by molar-refractivity contribution is -0.138. The Hall–Kier alpha value is -2.56. The largest absolute Gasteiger partial charge is 0.463 e. The first-order chi connectivity index (χ1) is 11.2. The summed E-state index contributed by atoms with van der Waals surface area (Å²) in [5, 5.41) is 2.78. The zero-order chi connectivity index (χ0) is 18.3. The van der Waals surface area contributed by atoms with Crippen molar-refractivity contribution in [1.29, 1.82) is 0 Å². The molecule has 1 amide bonds. The van der Waals surface area contributed by atoms with Gasteiger partial charge in [-0.15, -0.1) is 0 Å². The highest BCUT2D eigenvalue weighted by molar-refractivity contribution is 5.88. The SMILES string of the molecule is C=C(COC(=O)NC(C)(C)c1cccc(C(=C)C)c1)C(=O)OCC. The van der Waals surface area contributed by atoms with Crippen LogP contribution in [0.1, 0.15) is 38.8 Å². The lowest BCUT2D eigenvalue weighted by atomic mass is 9.92. The molecule has 0 fully saturated rings. The highest BCUT2D eigenvalue weighted by Gasteiger charge is 2.24. The fraction of sp³-hybridized carbons (Fsp3) is 0.368. The Morgan fingerprint density at radius 1 is 1.21 bits per heavy atom. The molecule has 0 aromatic heterocycles. The molecule has 0 saturated heterocycles. The van der Waals surface area contributed by atoms with Gasteiger partial charge in [0.15, 0.2) is 0 Å². The molecule has 0 aliphatic heterocycles. The molecule has 130 valence electrons. The number of rotatable bonds is 7. The molecule has 0 bridgehead atoms. The molecule has 0 spiro atoms. The molecule has 1 rings (SSSR count). The minimum Gasteiger partial charge on any atom is -0.463 e. The number of nitrogens with one attached hydrogen (secondary N) is 1. The highest BCUT2D eigenvalue weighted by atomic mass is 16.6. The molecule has 1 aromatic carbocycles. The number of allylic oxidation sites excluding steroid dienone is 1. The molecule has 0 saturated carbocycles. The first kappa shape index (κ1) is 19.5. The van der Waals surface area contributed by atoms with Crippen LogP contribution in [0.3, 0.4) is 0 Å². The fourth-order valence-corrected chi connectivity index (χ4v) is 1.98. The predicted molar refractivity (Wildman–Crippen MR) is 94.4 cm³/mol. The number of carbonyl (C=O) groups excluding carboxylic acids is 2. The van der Waals surface area contributed by atoms with E-state index in [1.54, 1.807) is 6.92 Å². The maximum atomic E-state index is 12.0. The van der Waals surface area contributed by atoms with Gasteiger partial charge in [-0.05, 0) is 44.9 Å². The van der Waals surface area contributed by atoms with Crippen LogP contribution in [0.15, 0.2) is 43.0 Å². The summed E-state index contributed by atoms with van der Waals surface area (Å²) in [5.74, 6) is -0.571. The average molecular weight is 331 g/mol. The minimum absolute atomic E-state index is 0.0917. The van der Waals surface area contributed by atoms with Crippen molar-refractivity contribution in [3.63, 3.8) is 0 Å². The standard InChI is InChI=1S/C19H25NO4/c1-7-23-17(21)14(4)12-24-18(22)20-19(5,6)16-10-8-9-15(11-16)13(2)3/h8-11H,2,4,7,12H2,1,3,5-6H3,(H,20,22). The summed E-state index contributed by atoms with van der Waals surface area (Å²) < 4.78 is 9.82. The van der Waals surface area contributed by atoms with Crippen molar-refractivity contribution in [3.05, 3.63) is 54.1 Å². The molecule has 0 heterocycles. The Labute approximate surface area is 143 Å². The quantitative estimate of drug-likeness (QED) is 0.610. The van der Waals surface area contributed by atoms with E-state index in [1.165, 1.54) is 0 Å². The van der Waals surface area contributed by atoms with Crippen LogP contribution in [-0.4, -0.2) is 25.3 Å². The third kappa shape index (κ3) is 5.57. The van der Waals surface area contributed by atoms with Crippen molar-refractivity contribution >= 4 is 17.6 Å². The molecular formula is C19H25NO4. The summed E-state index contributed by atoms with van der Waals surface area (Å²) in [7, 11) is 0. The molecule has 0 unspecified atom stereocenters. The Morgan fingerprint density at radius 2 is 1.88 bits per heavy atom. The molecule has 0 aliphatic carbocycles. The van der Waals surface area contributed by atoms with Crippen molar-refractivity contribution < 1.29 is 19.1 Å². The molecule has 24 heavy (non-hydrogen) atoms. The third-order valence-corrected chi connectivity index (χ3v) is 3.43. The van der Waals surface area contributed by atoms with Gasteiger partial charge in [-0.25, -0.2) is 9.59 Å². The Morgan fingerprint density at radius 3 is 2.46 bits per heavy atom. The predicted octanol–water partition coefficient (Wildman–Crippen LogP) is 3.80. The van der Waals surface area contributed by atoms with Gasteiger partial charge < -0.3 is 14.8 Å². The highest BCUT2D eigenvalue weighted by Crippen LogP contribution is 2.23. The molecular weight excluding hydrogens is 306 g/mol. The number of hydrogen-bond donors (Lipinski definition) is 1. The van der Waals surface area contributed by atoms with Gasteiger partial charge in [-0.1, -0.05) is 36.9 Å². The normalized spacial score (nSPS) is 10.7. The van der Waals surface area contributed by atoms with Gasteiger partial charge in [-0.3, -0.25) is 0 Å². The average Bonchev–Trinajstić information content (AvgIpc) is 2.52. The second-order valence-corrected chi connectivity index (χ2v) is 6.01. The minimum atomic E-state index is -0.645. The van der Waals surface area contributed by atoms with Gasteiger partial charge in [-0.2, -0.15) is 0 Å². The van der Waals surface area contributed by atoms with Gasteiger partial charge in [0.05, 0.1) is 17.7 Å². The number of amides is 1. The summed E-state index contributed by atoms with van der Waals surface area (Å²) in [6, 6.07) is 7.77. The van der Waals surface area contributed by atoms with Crippen molar-refractivity contribution in [2.75, 3.05) is 13.2 Å². The smallest absolute Gasteiger partial charge is 0.408 e. The molecule has 0 radical (unpaired) electrons. The summed E-state index contributed by atoms with van der Waals surface area (Å²) in [6.07, 6.45) is -0.633. The number of benzene rings is 1. The molecule has 1 aromatic rings. The van der Waals surface area contributed by atoms with E-state index >= 15 is 0 Å². The molecule has 0 aliphatic rings. The number of hydrogen-bond acceptors (Lipinski definition) is 4. The second kappa shape index (κ2) is 8.34. The monoisotopic (exact) mass is 331 g/mol. The van der Waals surface area contributed by atoms with E-state index in [0.717, 1.165) is 16.7 Å². The van der Waals surface area contributed by atoms with Gasteiger partial charge in [0.25, 0.3) is 0 Å². The van der Waals surface area contributed by atoms with E-state index < -0.39 is 17.6 Å². The Bertz CT molecular complexity index is 647. The number of alkyl carbamates (subject to hydrolysis) is 1. The van der Waals surface area contributed by atoms with Crippen molar-refractivity contribution in [2.24, 2.45) is 0 Å². The van der Waals surface area contributed by atoms with Crippen molar-refractivity contribution in [2.45, 2.75) is 33.2 Å². The van der Waals surface area contributed by atoms with Crippen LogP contribution in [0.5, 0.6) is 0 Å². The number of carbonyl (C=O) groups is 2. The first-order valence-corrected chi connectivity index (χ1v) is 7.73. The maximum absolute atomic E-state index is 12.0. The van der Waals surface area contributed by atoms with Gasteiger partial charge >= 0.3 is 12.1 Å². The number of esters is 1. The van der Waals surface area contributed by atoms with E-state index in [0.29, 0.717) is 0 Å². The lowest BCUT2D eigenvalue weighted by Crippen LogP contribution is -2.41. The van der Waals surface area contributed by atoms with Crippen LogP contribution < -0.4 is 5.32 Å². The Kier molecular flexibility index (Phi) is 6.77. The van der Waals surface area contributed by atoms with Crippen LogP contribution in [-0.2, 0) is 19.8 Å². The molecule has 0 atom stereocenters. The van der Waals surface area contributed by atoms with Crippen LogP contribution in [0.2, 0.25) is 0 Å². The number of ether oxygens (including phenoxy) is 2. The summed E-state index contributed by atoms with van der Waals surface area (Å²) in [4.78, 5) is 23.4. The van der Waals surface area contributed by atoms with Gasteiger partial charge in [0, 0.05) is 0 Å². The third-order valence-electron chi connectivity index (χ3n) is 3.43. The zero-order valence-electron chi connectivity index (χ0n) is 14.8. The zero-order valence-corrected chi connectivity index (χ0v) is 14.8. The molecule has 5 nitrogen and oxygen atoms in total. The summed E-state index contributed by atoms with van der Waals surface area (Å²) in [6.45, 7) is 14.9. The van der Waals surface area contributed by atoms with E-state index in [2.05, 4.69) is 18.5 Å². The fourth-order valence-electron chi connectivity index (χ4n) is 1.98. The topological polar surface area (TPSA) is 64.6 Å². The van der Waals surface area contributed by atoms with E-state index in [1.807, 2.05) is 45.0 Å². The summed E-state index contributed by atoms with van der Waals surface area (Å²) >= 11 is 0. The van der Waals surface area contributed by atoms with Crippen LogP contribution in [0.4, 0.5) is 4.79 Å². The maximum Gasteiger partial charge on any atom is 0.408 e.